The van der Waals surface area contributed by atoms with E-state index in [1.807, 2.05) is 73.7 Å². The van der Waals surface area contributed by atoms with E-state index >= 15 is 0 Å². The normalized spacial score (nSPS) is 12.2. The fourth-order valence-corrected chi connectivity index (χ4v) is 3.14. The molecule has 3 aromatic rings. The van der Waals surface area contributed by atoms with E-state index in [4.69, 9.17) is 9.47 Å². The Labute approximate surface area is 189 Å². The number of hydrogen-bond acceptors (Lipinski definition) is 5. The molecule has 1 heterocycles. The van der Waals surface area contributed by atoms with Gasteiger partial charge in [-0.3, -0.25) is 4.99 Å². The highest BCUT2D eigenvalue weighted by atomic mass is 16.5. The summed E-state index contributed by atoms with van der Waals surface area (Å²) in [6, 6.07) is 21.2. The molecule has 0 aliphatic heterocycles. The van der Waals surface area contributed by atoms with Crippen LogP contribution in [-0.4, -0.2) is 42.9 Å². The molecule has 0 aliphatic rings. The van der Waals surface area contributed by atoms with Gasteiger partial charge in [-0.15, -0.1) is 0 Å². The van der Waals surface area contributed by atoms with Crippen LogP contribution in [0.2, 0.25) is 0 Å². The van der Waals surface area contributed by atoms with Gasteiger partial charge >= 0.3 is 0 Å². The number of rotatable bonds is 10. The van der Waals surface area contributed by atoms with Crippen molar-refractivity contribution >= 4 is 5.96 Å². The standard InChI is InChI=1S/C25H30N4O3/c1-3-31-22-11-7-8-12-23(22)32-24-14-13-19(15-27-24)16-28-25(26-2)29-17-21(18-30)20-9-5-4-6-10-20/h4-15,21,30H,3,16-18H2,1-2H3,(H2,26,28,29). The summed E-state index contributed by atoms with van der Waals surface area (Å²) in [5, 5.41) is 16.3. The third kappa shape index (κ3) is 6.72. The van der Waals surface area contributed by atoms with Crippen LogP contribution in [-0.2, 0) is 6.54 Å². The Bertz CT molecular complexity index is 978. The first-order chi connectivity index (χ1) is 15.7. The van der Waals surface area contributed by atoms with E-state index in [0.717, 1.165) is 11.1 Å². The number of aliphatic hydroxyl groups is 1. The Morgan fingerprint density at radius 3 is 2.41 bits per heavy atom. The van der Waals surface area contributed by atoms with E-state index in [-0.39, 0.29) is 12.5 Å². The van der Waals surface area contributed by atoms with E-state index in [0.29, 0.717) is 43.0 Å². The maximum atomic E-state index is 9.72. The molecule has 0 bridgehead atoms. The molecule has 0 saturated heterocycles. The van der Waals surface area contributed by atoms with Gasteiger partial charge < -0.3 is 25.2 Å². The molecule has 7 nitrogen and oxygen atoms in total. The number of aromatic nitrogens is 1. The lowest BCUT2D eigenvalue weighted by Crippen LogP contribution is -2.39. The molecular weight excluding hydrogens is 404 g/mol. The van der Waals surface area contributed by atoms with Crippen molar-refractivity contribution in [1.29, 1.82) is 0 Å². The van der Waals surface area contributed by atoms with E-state index in [1.165, 1.54) is 0 Å². The minimum absolute atomic E-state index is 0.00702. The molecule has 7 heteroatoms. The summed E-state index contributed by atoms with van der Waals surface area (Å²) in [6.07, 6.45) is 1.76. The lowest BCUT2D eigenvalue weighted by Gasteiger charge is -2.18. The van der Waals surface area contributed by atoms with Gasteiger partial charge in [0.2, 0.25) is 5.88 Å². The monoisotopic (exact) mass is 434 g/mol. The molecule has 3 N–H and O–H groups in total. The molecule has 0 radical (unpaired) electrons. The van der Waals surface area contributed by atoms with Gasteiger partial charge in [-0.05, 0) is 30.2 Å². The minimum atomic E-state index is -0.00702. The van der Waals surface area contributed by atoms with Crippen LogP contribution in [0, 0.1) is 0 Å². The van der Waals surface area contributed by atoms with E-state index in [9.17, 15) is 5.11 Å². The van der Waals surface area contributed by atoms with Gasteiger partial charge in [0.1, 0.15) is 0 Å². The zero-order chi connectivity index (χ0) is 22.6. The van der Waals surface area contributed by atoms with E-state index in [1.54, 1.807) is 13.2 Å². The molecule has 1 aromatic heterocycles. The second-order valence-electron chi connectivity index (χ2n) is 7.08. The SMILES string of the molecule is CCOc1ccccc1Oc1ccc(CNC(=NC)NCC(CO)c2ccccc2)cn1. The van der Waals surface area contributed by atoms with Crippen LogP contribution < -0.4 is 20.1 Å². The maximum absolute atomic E-state index is 9.72. The molecule has 0 aliphatic carbocycles. The lowest BCUT2D eigenvalue weighted by atomic mass is 10.0. The molecule has 1 unspecified atom stereocenters. The molecule has 168 valence electrons. The highest BCUT2D eigenvalue weighted by Gasteiger charge is 2.11. The van der Waals surface area contributed by atoms with Crippen LogP contribution in [0.3, 0.4) is 0 Å². The number of benzene rings is 2. The highest BCUT2D eigenvalue weighted by Crippen LogP contribution is 2.30. The zero-order valence-corrected chi connectivity index (χ0v) is 18.5. The van der Waals surface area contributed by atoms with Gasteiger partial charge in [-0.25, -0.2) is 4.98 Å². The number of aliphatic imine (C=N–C) groups is 1. The average molecular weight is 435 g/mol. The Kier molecular flexibility index (Phi) is 8.89. The van der Waals surface area contributed by atoms with Crippen LogP contribution in [0.5, 0.6) is 17.4 Å². The molecule has 3 rings (SSSR count). The van der Waals surface area contributed by atoms with Gasteiger partial charge in [0, 0.05) is 38.3 Å². The van der Waals surface area contributed by atoms with Crippen LogP contribution >= 0.6 is 0 Å². The predicted octanol–water partition coefficient (Wildman–Crippen LogP) is 3.71. The first-order valence-corrected chi connectivity index (χ1v) is 10.7. The second-order valence-corrected chi connectivity index (χ2v) is 7.08. The Morgan fingerprint density at radius 1 is 1.00 bits per heavy atom. The molecule has 0 saturated carbocycles. The van der Waals surface area contributed by atoms with Crippen LogP contribution in [0.1, 0.15) is 24.0 Å². The molecule has 1 atom stereocenters. The topological polar surface area (TPSA) is 88.0 Å². The Hall–Kier alpha value is -3.58. The van der Waals surface area contributed by atoms with Crippen LogP contribution in [0.25, 0.3) is 0 Å². The van der Waals surface area contributed by atoms with Crippen molar-refractivity contribution in [2.45, 2.75) is 19.4 Å². The summed E-state index contributed by atoms with van der Waals surface area (Å²) in [6.45, 7) is 3.69. The first-order valence-electron chi connectivity index (χ1n) is 10.7. The first kappa shape index (κ1) is 23.1. The maximum Gasteiger partial charge on any atom is 0.219 e. The predicted molar refractivity (Wildman–Crippen MR) is 126 cm³/mol. The fraction of sp³-hybridized carbons (Fsp3) is 0.280. The van der Waals surface area contributed by atoms with Gasteiger partial charge in [-0.2, -0.15) is 0 Å². The van der Waals surface area contributed by atoms with Crippen molar-refractivity contribution in [1.82, 2.24) is 15.6 Å². The molecule has 0 fully saturated rings. The summed E-state index contributed by atoms with van der Waals surface area (Å²) in [7, 11) is 1.72. The van der Waals surface area contributed by atoms with Crippen LogP contribution in [0.4, 0.5) is 0 Å². The van der Waals surface area contributed by atoms with Gasteiger partial charge in [0.15, 0.2) is 17.5 Å². The Balaban J connectivity index is 1.51. The van der Waals surface area contributed by atoms with Crippen molar-refractivity contribution in [3.8, 4) is 17.4 Å². The third-order valence-corrected chi connectivity index (χ3v) is 4.85. The number of para-hydroxylation sites is 2. The van der Waals surface area contributed by atoms with Gasteiger partial charge in [0.05, 0.1) is 13.2 Å². The summed E-state index contributed by atoms with van der Waals surface area (Å²) in [4.78, 5) is 8.65. The van der Waals surface area contributed by atoms with Crippen molar-refractivity contribution in [2.75, 3.05) is 26.8 Å². The summed E-state index contributed by atoms with van der Waals surface area (Å²) >= 11 is 0. The van der Waals surface area contributed by atoms with Crippen molar-refractivity contribution in [3.05, 3.63) is 84.1 Å². The van der Waals surface area contributed by atoms with E-state index < -0.39 is 0 Å². The largest absolute Gasteiger partial charge is 0.490 e. The average Bonchev–Trinajstić information content (AvgIpc) is 2.84. The van der Waals surface area contributed by atoms with E-state index in [2.05, 4.69) is 20.6 Å². The van der Waals surface area contributed by atoms with Crippen molar-refractivity contribution in [2.24, 2.45) is 4.99 Å². The van der Waals surface area contributed by atoms with Gasteiger partial charge in [0.25, 0.3) is 0 Å². The fourth-order valence-electron chi connectivity index (χ4n) is 3.14. The van der Waals surface area contributed by atoms with Crippen LogP contribution in [0.15, 0.2) is 77.9 Å². The number of pyridine rings is 1. The number of nitrogens with one attached hydrogen (secondary N) is 2. The minimum Gasteiger partial charge on any atom is -0.490 e. The number of hydrogen-bond donors (Lipinski definition) is 3. The highest BCUT2D eigenvalue weighted by molar-refractivity contribution is 5.79. The van der Waals surface area contributed by atoms with Gasteiger partial charge in [-0.1, -0.05) is 48.5 Å². The number of ether oxygens (including phenoxy) is 2. The quantitative estimate of drug-likeness (QED) is 0.333. The molecule has 0 amide bonds. The second kappa shape index (κ2) is 12.3. The van der Waals surface area contributed by atoms with Crippen molar-refractivity contribution < 1.29 is 14.6 Å². The van der Waals surface area contributed by atoms with Crippen molar-refractivity contribution in [3.63, 3.8) is 0 Å². The summed E-state index contributed by atoms with van der Waals surface area (Å²) in [5.74, 6) is 2.47. The molecular formula is C25H30N4O3. The zero-order valence-electron chi connectivity index (χ0n) is 18.5. The number of nitrogens with zero attached hydrogens (tertiary/aromatic N) is 2. The number of aliphatic hydroxyl groups excluding tert-OH is 1. The smallest absolute Gasteiger partial charge is 0.219 e. The molecule has 2 aromatic carbocycles. The number of guanidine groups is 1. The third-order valence-electron chi connectivity index (χ3n) is 4.85. The lowest BCUT2D eigenvalue weighted by molar-refractivity contribution is 0.265. The molecule has 32 heavy (non-hydrogen) atoms. The summed E-state index contributed by atoms with van der Waals surface area (Å²) in [5.41, 5.74) is 2.07. The Morgan fingerprint density at radius 2 is 1.75 bits per heavy atom. The summed E-state index contributed by atoms with van der Waals surface area (Å²) < 4.78 is 11.5. The molecule has 0 spiro atoms.